The SMILES string of the molecule is O=C1/C(=C\c2ccccc2N2CCOCC2)SC(=S)N1c1cccc(F)c1. The molecule has 2 aliphatic rings. The minimum absolute atomic E-state index is 0.229. The highest BCUT2D eigenvalue weighted by molar-refractivity contribution is 8.27. The molecule has 0 spiro atoms. The summed E-state index contributed by atoms with van der Waals surface area (Å²) in [5, 5.41) is 0. The van der Waals surface area contributed by atoms with Crippen molar-refractivity contribution in [3.63, 3.8) is 0 Å². The summed E-state index contributed by atoms with van der Waals surface area (Å²) in [5.74, 6) is -0.629. The number of para-hydroxylation sites is 1. The lowest BCUT2D eigenvalue weighted by Crippen LogP contribution is -2.36. The molecular formula is C20H17FN2O2S2. The number of morpholine rings is 1. The minimum atomic E-state index is -0.400. The molecule has 4 rings (SSSR count). The summed E-state index contributed by atoms with van der Waals surface area (Å²) in [7, 11) is 0. The number of nitrogens with zero attached hydrogens (tertiary/aromatic N) is 2. The number of hydrogen-bond acceptors (Lipinski definition) is 5. The highest BCUT2D eigenvalue weighted by atomic mass is 32.2. The van der Waals surface area contributed by atoms with Gasteiger partial charge in [-0.1, -0.05) is 48.2 Å². The van der Waals surface area contributed by atoms with Crippen LogP contribution >= 0.6 is 24.0 Å². The molecule has 2 saturated heterocycles. The smallest absolute Gasteiger partial charge is 0.270 e. The highest BCUT2D eigenvalue weighted by Gasteiger charge is 2.33. The van der Waals surface area contributed by atoms with E-state index in [1.54, 1.807) is 12.1 Å². The Hall–Kier alpha value is -2.22. The van der Waals surface area contributed by atoms with Gasteiger partial charge in [0.05, 0.1) is 23.8 Å². The van der Waals surface area contributed by atoms with Crippen molar-refractivity contribution in [3.05, 3.63) is 64.8 Å². The zero-order valence-electron chi connectivity index (χ0n) is 14.4. The van der Waals surface area contributed by atoms with Gasteiger partial charge in [-0.25, -0.2) is 4.39 Å². The molecule has 2 aromatic rings. The Morgan fingerprint density at radius 2 is 1.89 bits per heavy atom. The third-order valence-electron chi connectivity index (χ3n) is 4.44. The number of halogens is 1. The van der Waals surface area contributed by atoms with E-state index in [4.69, 9.17) is 17.0 Å². The maximum atomic E-state index is 13.6. The minimum Gasteiger partial charge on any atom is -0.378 e. The van der Waals surface area contributed by atoms with Crippen molar-refractivity contribution in [2.45, 2.75) is 0 Å². The van der Waals surface area contributed by atoms with Crippen molar-refractivity contribution >= 4 is 51.7 Å². The Kier molecular flexibility index (Phi) is 5.24. The van der Waals surface area contributed by atoms with Gasteiger partial charge in [0.15, 0.2) is 4.32 Å². The van der Waals surface area contributed by atoms with Crippen LogP contribution < -0.4 is 9.80 Å². The second-order valence-electron chi connectivity index (χ2n) is 6.16. The summed E-state index contributed by atoms with van der Waals surface area (Å²) in [5.41, 5.74) is 2.47. The first-order chi connectivity index (χ1) is 13.1. The maximum absolute atomic E-state index is 13.6. The Morgan fingerprint density at radius 1 is 1.11 bits per heavy atom. The van der Waals surface area contributed by atoms with Gasteiger partial charge >= 0.3 is 0 Å². The first-order valence-electron chi connectivity index (χ1n) is 8.59. The summed E-state index contributed by atoms with van der Waals surface area (Å²) in [6.07, 6.45) is 1.86. The summed E-state index contributed by atoms with van der Waals surface area (Å²) in [6, 6.07) is 13.9. The molecule has 0 unspecified atom stereocenters. The first kappa shape index (κ1) is 18.2. The fraction of sp³-hybridized carbons (Fsp3) is 0.200. The summed E-state index contributed by atoms with van der Waals surface area (Å²) in [4.78, 5) is 17.1. The third kappa shape index (κ3) is 3.76. The van der Waals surface area contributed by atoms with Gasteiger partial charge in [-0.15, -0.1) is 0 Å². The summed E-state index contributed by atoms with van der Waals surface area (Å²) < 4.78 is 19.4. The van der Waals surface area contributed by atoms with Gasteiger partial charge in [0.2, 0.25) is 0 Å². The number of amides is 1. The number of rotatable bonds is 3. The Labute approximate surface area is 166 Å². The molecule has 0 saturated carbocycles. The van der Waals surface area contributed by atoms with Crippen molar-refractivity contribution in [1.29, 1.82) is 0 Å². The van der Waals surface area contributed by atoms with Crippen LogP contribution in [-0.2, 0) is 9.53 Å². The molecule has 0 radical (unpaired) electrons. The van der Waals surface area contributed by atoms with E-state index >= 15 is 0 Å². The fourth-order valence-electron chi connectivity index (χ4n) is 3.15. The van der Waals surface area contributed by atoms with Gasteiger partial charge in [0.25, 0.3) is 5.91 Å². The van der Waals surface area contributed by atoms with Crippen LogP contribution in [0.3, 0.4) is 0 Å². The van der Waals surface area contributed by atoms with Gasteiger partial charge in [0.1, 0.15) is 5.82 Å². The predicted octanol–water partition coefficient (Wildman–Crippen LogP) is 4.07. The van der Waals surface area contributed by atoms with Crippen molar-refractivity contribution in [3.8, 4) is 0 Å². The quantitative estimate of drug-likeness (QED) is 0.573. The molecule has 7 heteroatoms. The third-order valence-corrected chi connectivity index (χ3v) is 5.74. The molecule has 0 aliphatic carbocycles. The Morgan fingerprint density at radius 3 is 2.67 bits per heavy atom. The van der Waals surface area contributed by atoms with Crippen molar-refractivity contribution in [2.75, 3.05) is 36.1 Å². The van der Waals surface area contributed by atoms with Gasteiger partial charge in [-0.2, -0.15) is 0 Å². The number of ether oxygens (including phenoxy) is 1. The molecule has 4 nitrogen and oxygen atoms in total. The van der Waals surface area contributed by atoms with Crippen LogP contribution in [-0.4, -0.2) is 36.5 Å². The van der Waals surface area contributed by atoms with E-state index in [0.717, 1.165) is 24.3 Å². The standard InChI is InChI=1S/C20H17FN2O2S2/c21-15-5-3-6-16(13-15)23-19(24)18(27-20(23)26)12-14-4-1-2-7-17(14)22-8-10-25-11-9-22/h1-7,12-13H,8-11H2/b18-12+. The van der Waals surface area contributed by atoms with E-state index in [1.165, 1.54) is 28.8 Å². The van der Waals surface area contributed by atoms with Crippen LogP contribution in [0.1, 0.15) is 5.56 Å². The van der Waals surface area contributed by atoms with Crippen molar-refractivity contribution < 1.29 is 13.9 Å². The van der Waals surface area contributed by atoms with Gasteiger partial charge in [0, 0.05) is 18.8 Å². The average molecular weight is 400 g/mol. The molecular weight excluding hydrogens is 383 g/mol. The molecule has 0 aromatic heterocycles. The average Bonchev–Trinajstić information content (AvgIpc) is 2.96. The number of hydrogen-bond donors (Lipinski definition) is 0. The largest absolute Gasteiger partial charge is 0.378 e. The second kappa shape index (κ2) is 7.80. The Balaban J connectivity index is 1.65. The van der Waals surface area contributed by atoms with Gasteiger partial charge < -0.3 is 9.64 Å². The molecule has 27 heavy (non-hydrogen) atoms. The highest BCUT2D eigenvalue weighted by Crippen LogP contribution is 2.37. The lowest BCUT2D eigenvalue weighted by atomic mass is 10.1. The lowest BCUT2D eigenvalue weighted by Gasteiger charge is -2.30. The van der Waals surface area contributed by atoms with Crippen LogP contribution in [0.2, 0.25) is 0 Å². The van der Waals surface area contributed by atoms with Crippen LogP contribution in [0.15, 0.2) is 53.4 Å². The molecule has 2 aliphatic heterocycles. The predicted molar refractivity (Wildman–Crippen MR) is 112 cm³/mol. The number of carbonyl (C=O) groups is 1. The molecule has 2 aromatic carbocycles. The topological polar surface area (TPSA) is 32.8 Å². The number of anilines is 2. The number of benzene rings is 2. The van der Waals surface area contributed by atoms with E-state index < -0.39 is 5.82 Å². The normalized spacial score (nSPS) is 19.2. The molecule has 0 bridgehead atoms. The van der Waals surface area contributed by atoms with E-state index in [0.29, 0.717) is 28.1 Å². The van der Waals surface area contributed by atoms with Crippen molar-refractivity contribution in [2.24, 2.45) is 0 Å². The van der Waals surface area contributed by atoms with Crippen LogP contribution in [0.5, 0.6) is 0 Å². The monoisotopic (exact) mass is 400 g/mol. The number of thioether (sulfide) groups is 1. The molecule has 0 atom stereocenters. The summed E-state index contributed by atoms with van der Waals surface area (Å²) in [6.45, 7) is 3.01. The summed E-state index contributed by atoms with van der Waals surface area (Å²) >= 11 is 6.61. The van der Waals surface area contributed by atoms with Gasteiger partial charge in [-0.05, 0) is 35.9 Å². The molecule has 2 fully saturated rings. The van der Waals surface area contributed by atoms with Crippen molar-refractivity contribution in [1.82, 2.24) is 0 Å². The fourth-order valence-corrected chi connectivity index (χ4v) is 4.44. The Bertz CT molecular complexity index is 926. The maximum Gasteiger partial charge on any atom is 0.270 e. The number of thiocarbonyl (C=S) groups is 1. The van der Waals surface area contributed by atoms with Crippen LogP contribution in [0, 0.1) is 5.82 Å². The zero-order valence-corrected chi connectivity index (χ0v) is 16.1. The van der Waals surface area contributed by atoms with E-state index in [-0.39, 0.29) is 5.91 Å². The second-order valence-corrected chi connectivity index (χ2v) is 7.83. The van der Waals surface area contributed by atoms with Gasteiger partial charge in [-0.3, -0.25) is 9.69 Å². The van der Waals surface area contributed by atoms with E-state index in [2.05, 4.69) is 4.90 Å². The van der Waals surface area contributed by atoms with Crippen LogP contribution in [0.25, 0.3) is 6.08 Å². The molecule has 138 valence electrons. The van der Waals surface area contributed by atoms with E-state index in [1.807, 2.05) is 30.3 Å². The zero-order chi connectivity index (χ0) is 18.8. The van der Waals surface area contributed by atoms with E-state index in [9.17, 15) is 9.18 Å². The molecule has 2 heterocycles. The number of carbonyl (C=O) groups excluding carboxylic acids is 1. The lowest BCUT2D eigenvalue weighted by molar-refractivity contribution is -0.113. The molecule has 0 N–H and O–H groups in total. The van der Waals surface area contributed by atoms with Crippen LogP contribution in [0.4, 0.5) is 15.8 Å². The molecule has 1 amide bonds. The first-order valence-corrected chi connectivity index (χ1v) is 9.81.